The highest BCUT2D eigenvalue weighted by atomic mass is 32.1. The largest absolute Gasteiger partial charge is 0.370 e. The molecule has 2 amide bonds. The van der Waals surface area contributed by atoms with E-state index in [1.807, 2.05) is 82.9 Å². The Kier molecular flexibility index (Phi) is 7.06. The van der Waals surface area contributed by atoms with Crippen LogP contribution in [0.3, 0.4) is 0 Å². The van der Waals surface area contributed by atoms with Gasteiger partial charge in [-0.1, -0.05) is 6.07 Å². The number of nitrogens with one attached hydrogen (secondary N) is 2. The molecule has 40 heavy (non-hydrogen) atoms. The minimum absolute atomic E-state index is 0.125. The molecule has 6 rings (SSSR count). The number of carbonyl (C=O) groups is 2. The summed E-state index contributed by atoms with van der Waals surface area (Å²) in [5.74, 6) is -0.270. The summed E-state index contributed by atoms with van der Waals surface area (Å²) < 4.78 is 1.84. The van der Waals surface area contributed by atoms with Crippen LogP contribution in [-0.4, -0.2) is 59.7 Å². The summed E-state index contributed by atoms with van der Waals surface area (Å²) in [5.41, 5.74) is 4.98. The van der Waals surface area contributed by atoms with Crippen molar-refractivity contribution in [2.24, 2.45) is 0 Å². The number of likely N-dealkylation sites (N-methyl/N-ethyl adjacent to an activating group) is 1. The van der Waals surface area contributed by atoms with Crippen LogP contribution in [0.25, 0.3) is 16.6 Å². The first-order valence-electron chi connectivity index (χ1n) is 13.2. The summed E-state index contributed by atoms with van der Waals surface area (Å²) >= 11 is 1.41. The van der Waals surface area contributed by atoms with Crippen molar-refractivity contribution in [3.63, 3.8) is 0 Å². The Bertz CT molecular complexity index is 1640. The van der Waals surface area contributed by atoms with Gasteiger partial charge in [0.1, 0.15) is 0 Å². The summed E-state index contributed by atoms with van der Waals surface area (Å²) in [6.07, 6.45) is 2.92. The van der Waals surface area contributed by atoms with Gasteiger partial charge in [0.2, 0.25) is 0 Å². The predicted molar refractivity (Wildman–Crippen MR) is 162 cm³/mol. The van der Waals surface area contributed by atoms with Crippen molar-refractivity contribution >= 4 is 51.1 Å². The van der Waals surface area contributed by atoms with Crippen molar-refractivity contribution in [3.05, 3.63) is 101 Å². The van der Waals surface area contributed by atoms with Crippen LogP contribution in [0.2, 0.25) is 0 Å². The molecule has 1 saturated heterocycles. The van der Waals surface area contributed by atoms with E-state index in [2.05, 4.69) is 39.6 Å². The van der Waals surface area contributed by atoms with Gasteiger partial charge in [0.15, 0.2) is 0 Å². The van der Waals surface area contributed by atoms with Crippen molar-refractivity contribution in [3.8, 4) is 5.69 Å². The first-order chi connectivity index (χ1) is 19.4. The first kappa shape index (κ1) is 25.8. The van der Waals surface area contributed by atoms with Crippen LogP contribution in [0.1, 0.15) is 26.5 Å². The summed E-state index contributed by atoms with van der Waals surface area (Å²) in [4.78, 5) is 30.6. The molecule has 0 aliphatic carbocycles. The van der Waals surface area contributed by atoms with Crippen molar-refractivity contribution in [1.29, 1.82) is 0 Å². The molecule has 0 radical (unpaired) electrons. The van der Waals surface area contributed by atoms with Gasteiger partial charge in [-0.05, 0) is 98.7 Å². The average molecular weight is 551 g/mol. The van der Waals surface area contributed by atoms with Crippen LogP contribution in [0.4, 0.5) is 17.1 Å². The van der Waals surface area contributed by atoms with Crippen LogP contribution in [-0.2, 0) is 0 Å². The molecule has 2 aromatic heterocycles. The molecule has 5 aromatic rings. The van der Waals surface area contributed by atoms with Crippen molar-refractivity contribution in [2.45, 2.75) is 12.5 Å². The number of aromatic nitrogens is 2. The van der Waals surface area contributed by atoms with Crippen molar-refractivity contribution in [1.82, 2.24) is 14.7 Å². The highest BCUT2D eigenvalue weighted by Gasteiger charge is 2.24. The zero-order chi connectivity index (χ0) is 27.6. The number of hydrogen-bond acceptors (Lipinski definition) is 6. The molecular weight excluding hydrogens is 520 g/mol. The number of benzene rings is 3. The molecule has 8 nitrogen and oxygen atoms in total. The van der Waals surface area contributed by atoms with Gasteiger partial charge in [-0.15, -0.1) is 11.3 Å². The van der Waals surface area contributed by atoms with Crippen LogP contribution >= 0.6 is 11.3 Å². The van der Waals surface area contributed by atoms with E-state index in [9.17, 15) is 9.59 Å². The average Bonchev–Trinajstić information content (AvgIpc) is 3.75. The minimum Gasteiger partial charge on any atom is -0.370 e. The molecule has 3 aromatic carbocycles. The van der Waals surface area contributed by atoms with Gasteiger partial charge in [-0.3, -0.25) is 9.59 Å². The third-order valence-corrected chi connectivity index (χ3v) is 8.20. The minimum atomic E-state index is -0.145. The highest BCUT2D eigenvalue weighted by molar-refractivity contribution is 7.12. The van der Waals surface area contributed by atoms with E-state index in [1.165, 1.54) is 11.3 Å². The number of anilines is 3. The maximum absolute atomic E-state index is 12.9. The van der Waals surface area contributed by atoms with Gasteiger partial charge in [0.05, 0.1) is 22.3 Å². The predicted octanol–water partition coefficient (Wildman–Crippen LogP) is 5.73. The van der Waals surface area contributed by atoms with E-state index in [0.717, 1.165) is 47.5 Å². The Morgan fingerprint density at radius 2 is 1.62 bits per heavy atom. The number of rotatable bonds is 7. The van der Waals surface area contributed by atoms with E-state index < -0.39 is 0 Å². The Morgan fingerprint density at radius 3 is 2.33 bits per heavy atom. The van der Waals surface area contributed by atoms with E-state index >= 15 is 0 Å². The zero-order valence-electron chi connectivity index (χ0n) is 22.4. The Morgan fingerprint density at radius 1 is 0.900 bits per heavy atom. The topological polar surface area (TPSA) is 82.5 Å². The van der Waals surface area contributed by atoms with Gasteiger partial charge in [0.25, 0.3) is 11.8 Å². The molecule has 2 N–H and O–H groups in total. The maximum atomic E-state index is 12.9. The normalized spacial score (nSPS) is 15.1. The lowest BCUT2D eigenvalue weighted by atomic mass is 10.1. The number of hydrogen-bond donors (Lipinski definition) is 2. The fraction of sp³-hybridized carbons (Fsp3) is 0.194. The molecule has 0 spiro atoms. The first-order valence-corrected chi connectivity index (χ1v) is 14.1. The third kappa shape index (κ3) is 5.34. The van der Waals surface area contributed by atoms with Crippen molar-refractivity contribution in [2.75, 3.05) is 42.7 Å². The van der Waals surface area contributed by atoms with E-state index in [4.69, 9.17) is 0 Å². The SMILES string of the molecule is CN(C)C1CCN(c2ccc(C(=O)Nc3ccc(-n4ncc5cc(NC(=O)c6cccs6)ccc54)cc3)cc2)C1. The van der Waals surface area contributed by atoms with Crippen LogP contribution in [0, 0.1) is 0 Å². The quantitative estimate of drug-likeness (QED) is 0.270. The van der Waals surface area contributed by atoms with Crippen molar-refractivity contribution < 1.29 is 9.59 Å². The summed E-state index contributed by atoms with van der Waals surface area (Å²) in [5, 5.41) is 13.3. The van der Waals surface area contributed by atoms with Gasteiger partial charge < -0.3 is 20.4 Å². The van der Waals surface area contributed by atoms with Crippen LogP contribution < -0.4 is 15.5 Å². The molecule has 0 saturated carbocycles. The smallest absolute Gasteiger partial charge is 0.265 e. The van der Waals surface area contributed by atoms with E-state index in [1.54, 1.807) is 12.3 Å². The number of fused-ring (bicyclic) bond motifs is 1. The standard InChI is InChI=1S/C31H30N6O2S/c1-35(2)27-15-16-36(20-27)25-10-5-21(6-11-25)30(38)33-23-7-12-26(13-8-23)37-28-14-9-24(18-22(28)19-32-37)34-31(39)29-4-3-17-40-29/h3-14,17-19,27H,15-16,20H2,1-2H3,(H,33,38)(H,34,39). The number of nitrogens with zero attached hydrogens (tertiary/aromatic N) is 4. The molecular formula is C31H30N6O2S. The molecule has 1 aliphatic heterocycles. The summed E-state index contributed by atoms with van der Waals surface area (Å²) in [6, 6.07) is 25.3. The highest BCUT2D eigenvalue weighted by Crippen LogP contribution is 2.25. The van der Waals surface area contributed by atoms with Gasteiger partial charge >= 0.3 is 0 Å². The molecule has 1 unspecified atom stereocenters. The Labute approximate surface area is 236 Å². The second-order valence-electron chi connectivity index (χ2n) is 10.2. The molecule has 1 fully saturated rings. The molecule has 9 heteroatoms. The second-order valence-corrected chi connectivity index (χ2v) is 11.1. The molecule has 3 heterocycles. The number of amides is 2. The van der Waals surface area contributed by atoms with Gasteiger partial charge in [-0.25, -0.2) is 4.68 Å². The van der Waals surface area contributed by atoms with E-state index in [-0.39, 0.29) is 11.8 Å². The van der Waals surface area contributed by atoms with Crippen LogP contribution in [0.5, 0.6) is 0 Å². The van der Waals surface area contributed by atoms with Gasteiger partial charge in [0, 0.05) is 47.1 Å². The second kappa shape index (κ2) is 11.0. The Hall–Kier alpha value is -4.47. The molecule has 0 bridgehead atoms. The molecule has 202 valence electrons. The monoisotopic (exact) mass is 550 g/mol. The maximum Gasteiger partial charge on any atom is 0.265 e. The summed E-state index contributed by atoms with van der Waals surface area (Å²) in [6.45, 7) is 2.03. The summed E-state index contributed by atoms with van der Waals surface area (Å²) in [7, 11) is 4.24. The Balaban J connectivity index is 1.10. The fourth-order valence-corrected chi connectivity index (χ4v) is 5.65. The van der Waals surface area contributed by atoms with Gasteiger partial charge in [-0.2, -0.15) is 5.10 Å². The van der Waals surface area contributed by atoms with Crippen LogP contribution in [0.15, 0.2) is 90.4 Å². The molecule has 1 aliphatic rings. The zero-order valence-corrected chi connectivity index (χ0v) is 23.2. The lowest BCUT2D eigenvalue weighted by molar-refractivity contribution is 0.102. The molecule has 1 atom stereocenters. The lowest BCUT2D eigenvalue weighted by Gasteiger charge is -2.22. The van der Waals surface area contributed by atoms with E-state index in [0.29, 0.717) is 22.2 Å². The number of thiophene rings is 1. The lowest BCUT2D eigenvalue weighted by Crippen LogP contribution is -2.31. The third-order valence-electron chi connectivity index (χ3n) is 7.33. The number of carbonyl (C=O) groups excluding carboxylic acids is 2. The fourth-order valence-electron chi connectivity index (χ4n) is 5.03.